The van der Waals surface area contributed by atoms with Crippen molar-refractivity contribution in [2.75, 3.05) is 20.2 Å². The molecule has 3 aliphatic rings. The lowest BCUT2D eigenvalue weighted by Gasteiger charge is -2.30. The molecule has 6 aromatic rings. The topological polar surface area (TPSA) is 207 Å². The maximum absolute atomic E-state index is 13.8. The summed E-state index contributed by atoms with van der Waals surface area (Å²) in [6.45, 7) is 8.57. The first-order valence-electron chi connectivity index (χ1n) is 22.7. The van der Waals surface area contributed by atoms with E-state index in [4.69, 9.17) is 19.4 Å². The molecule has 0 spiro atoms. The first-order valence-corrected chi connectivity index (χ1v) is 22.7. The number of nitrogens with zero attached hydrogens (tertiary/aromatic N) is 4. The molecule has 3 unspecified atom stereocenters. The molecular formula is C50H55N9O7. The van der Waals surface area contributed by atoms with Gasteiger partial charge in [0.2, 0.25) is 18.1 Å². The summed E-state index contributed by atoms with van der Waals surface area (Å²) in [5.41, 5.74) is 8.47. The van der Waals surface area contributed by atoms with Crippen molar-refractivity contribution in [3.8, 4) is 39.5 Å². The number of fused-ring (bicyclic) bond motifs is 5. The van der Waals surface area contributed by atoms with Crippen LogP contribution in [0.3, 0.4) is 0 Å². The number of methoxy groups -OCH3 is 1. The van der Waals surface area contributed by atoms with Gasteiger partial charge < -0.3 is 44.9 Å². The van der Waals surface area contributed by atoms with Gasteiger partial charge in [-0.1, -0.05) is 70.2 Å². The summed E-state index contributed by atoms with van der Waals surface area (Å²) in [7, 11) is 1.29. The van der Waals surface area contributed by atoms with Gasteiger partial charge in [-0.15, -0.1) is 0 Å². The number of amides is 4. The largest absolute Gasteiger partial charge is 0.485 e. The average molecular weight is 894 g/mol. The number of hydrogen-bond acceptors (Lipinski definition) is 9. The highest BCUT2D eigenvalue weighted by molar-refractivity contribution is 6.24. The molecule has 342 valence electrons. The Balaban J connectivity index is 1.01. The summed E-state index contributed by atoms with van der Waals surface area (Å²) < 4.78 is 11.8. The Morgan fingerprint density at radius 2 is 1.38 bits per heavy atom. The lowest BCUT2D eigenvalue weighted by Crippen LogP contribution is -2.51. The lowest BCUT2D eigenvalue weighted by atomic mass is 9.92. The second-order valence-corrected chi connectivity index (χ2v) is 18.1. The molecule has 5 N–H and O–H groups in total. The zero-order chi connectivity index (χ0) is 46.2. The molecule has 0 bridgehead atoms. The maximum Gasteiger partial charge on any atom is 0.407 e. The van der Waals surface area contributed by atoms with Crippen LogP contribution in [0.2, 0.25) is 0 Å². The highest BCUT2D eigenvalue weighted by atomic mass is 16.5. The predicted octanol–water partition coefficient (Wildman–Crippen LogP) is 7.34. The third-order valence-electron chi connectivity index (χ3n) is 13.2. The van der Waals surface area contributed by atoms with Gasteiger partial charge in [0.1, 0.15) is 35.6 Å². The van der Waals surface area contributed by atoms with Crippen molar-refractivity contribution in [2.24, 2.45) is 11.8 Å². The minimum atomic E-state index is -0.826. The number of imidazole rings is 2. The molecule has 3 aliphatic heterocycles. The first kappa shape index (κ1) is 44.0. The first-order chi connectivity index (χ1) is 31.9. The van der Waals surface area contributed by atoms with Gasteiger partial charge in [0.05, 0.1) is 48.7 Å². The van der Waals surface area contributed by atoms with Gasteiger partial charge in [-0.25, -0.2) is 14.8 Å². The molecule has 3 aromatic heterocycles. The van der Waals surface area contributed by atoms with E-state index in [0.717, 1.165) is 80.8 Å². The molecule has 66 heavy (non-hydrogen) atoms. The van der Waals surface area contributed by atoms with Gasteiger partial charge in [-0.3, -0.25) is 19.2 Å². The van der Waals surface area contributed by atoms with Crippen LogP contribution in [0.1, 0.15) is 94.3 Å². The van der Waals surface area contributed by atoms with Crippen LogP contribution < -0.4 is 15.4 Å². The van der Waals surface area contributed by atoms with Crippen LogP contribution in [0, 0.1) is 11.8 Å². The molecule has 2 fully saturated rings. The summed E-state index contributed by atoms with van der Waals surface area (Å²) in [5, 5.41) is 6.32. The normalized spacial score (nSPS) is 18.7. The molecule has 5 atom stereocenters. The van der Waals surface area contributed by atoms with Gasteiger partial charge in [0, 0.05) is 52.7 Å². The molecule has 3 aromatic carbocycles. The zero-order valence-corrected chi connectivity index (χ0v) is 37.7. The summed E-state index contributed by atoms with van der Waals surface area (Å²) in [6.07, 6.45) is 6.51. The molecule has 0 saturated carbocycles. The quantitative estimate of drug-likeness (QED) is 0.0580. The van der Waals surface area contributed by atoms with E-state index in [1.54, 1.807) is 11.1 Å². The van der Waals surface area contributed by atoms with E-state index in [9.17, 15) is 24.0 Å². The molecule has 6 heterocycles. The van der Waals surface area contributed by atoms with Crippen molar-refractivity contribution in [3.63, 3.8) is 0 Å². The molecular weight excluding hydrogens is 839 g/mol. The Hall–Kier alpha value is -7.23. The lowest BCUT2D eigenvalue weighted by molar-refractivity contribution is -0.140. The third kappa shape index (κ3) is 8.42. The van der Waals surface area contributed by atoms with Gasteiger partial charge in [0.25, 0.3) is 5.91 Å². The highest BCUT2D eigenvalue weighted by Crippen LogP contribution is 2.48. The number of likely N-dealkylation sites (tertiary alicyclic amines) is 2. The number of carbonyl (C=O) groups excluding carboxylic acids is 5. The number of nitrogens with one attached hydrogen (secondary N) is 5. The Morgan fingerprint density at radius 3 is 1.97 bits per heavy atom. The number of benzene rings is 3. The number of alkyl carbamates (subject to hydrolysis) is 1. The number of carbonyl (C=O) groups is 5. The van der Waals surface area contributed by atoms with E-state index in [1.165, 1.54) is 7.11 Å². The van der Waals surface area contributed by atoms with Crippen molar-refractivity contribution in [1.82, 2.24) is 45.4 Å². The molecule has 0 radical (unpaired) electrons. The van der Waals surface area contributed by atoms with Crippen molar-refractivity contribution in [3.05, 3.63) is 102 Å². The van der Waals surface area contributed by atoms with Crippen molar-refractivity contribution >= 4 is 41.0 Å². The Morgan fingerprint density at radius 1 is 0.788 bits per heavy atom. The van der Waals surface area contributed by atoms with E-state index < -0.39 is 24.1 Å². The van der Waals surface area contributed by atoms with E-state index in [0.29, 0.717) is 37.6 Å². The molecule has 0 aliphatic carbocycles. The number of rotatable bonds is 13. The molecule has 4 amide bonds. The highest BCUT2D eigenvalue weighted by Gasteiger charge is 2.39. The van der Waals surface area contributed by atoms with Crippen LogP contribution in [0.5, 0.6) is 5.75 Å². The number of aromatic amines is 3. The van der Waals surface area contributed by atoms with E-state index in [-0.39, 0.29) is 48.1 Å². The molecule has 16 heteroatoms. The third-order valence-corrected chi connectivity index (χ3v) is 13.2. The minimum absolute atomic E-state index is 0.135. The summed E-state index contributed by atoms with van der Waals surface area (Å²) in [5.74, 6) is 0.516. The van der Waals surface area contributed by atoms with Crippen LogP contribution in [0.15, 0.2) is 79.1 Å². The van der Waals surface area contributed by atoms with Gasteiger partial charge in [-0.2, -0.15) is 0 Å². The van der Waals surface area contributed by atoms with Crippen LogP contribution in [0.4, 0.5) is 4.79 Å². The molecule has 16 nitrogen and oxygen atoms in total. The number of aldehydes is 1. The van der Waals surface area contributed by atoms with E-state index in [1.807, 2.05) is 69.1 Å². The number of ether oxygens (including phenoxy) is 2. The van der Waals surface area contributed by atoms with Crippen molar-refractivity contribution in [1.29, 1.82) is 0 Å². The summed E-state index contributed by atoms with van der Waals surface area (Å²) >= 11 is 0. The molecule has 9 rings (SSSR count). The smallest absolute Gasteiger partial charge is 0.407 e. The Bertz CT molecular complexity index is 2790. The van der Waals surface area contributed by atoms with Crippen LogP contribution in [-0.2, 0) is 30.3 Å². The van der Waals surface area contributed by atoms with Crippen LogP contribution in [-0.4, -0.2) is 97.1 Å². The minimum Gasteiger partial charge on any atom is -0.485 e. The van der Waals surface area contributed by atoms with Crippen molar-refractivity contribution in [2.45, 2.75) is 90.1 Å². The standard InChI is InChI=1S/C50H55N9O7/c1-27(2)43(56-41(61)26-60)48(62)58-19-9-13-37(58)47-52-25-36(55-47)31-15-17-32-39(23-31)66-40(21-29-11-7-6-8-12-29)42-33-22-30(16-18-34(33)53-45(32)42)35-24-51-46(54-35)38-14-10-20-59(38)49(63)44(28(3)4)57-50(64)65-5/h6-8,11-12,15-18,22-28,37-38,40,43-44,53H,9-10,13-14,19-21H2,1-5H3,(H,51,54)(H,52,55)(H,56,61)(H,57,64)/t37-,38-,40?,43?,44?/m0/s1. The van der Waals surface area contributed by atoms with E-state index >= 15 is 0 Å². The fourth-order valence-electron chi connectivity index (χ4n) is 9.80. The fraction of sp³-hybridized carbons (Fsp3) is 0.380. The second kappa shape index (κ2) is 18.3. The second-order valence-electron chi connectivity index (χ2n) is 18.1. The monoisotopic (exact) mass is 893 g/mol. The fourth-order valence-corrected chi connectivity index (χ4v) is 9.80. The van der Waals surface area contributed by atoms with Gasteiger partial charge in [-0.05, 0) is 67.3 Å². The van der Waals surface area contributed by atoms with Crippen LogP contribution in [0.25, 0.3) is 44.7 Å². The number of H-pyrrole nitrogens is 3. The Kier molecular flexibility index (Phi) is 12.2. The Labute approximate surface area is 382 Å². The van der Waals surface area contributed by atoms with Gasteiger partial charge >= 0.3 is 6.09 Å². The van der Waals surface area contributed by atoms with Crippen molar-refractivity contribution < 1.29 is 33.4 Å². The molecule has 2 saturated heterocycles. The number of hydrogen-bond donors (Lipinski definition) is 5. The average Bonchev–Trinajstić information content (AvgIpc) is 4.18. The van der Waals surface area contributed by atoms with Crippen LogP contribution >= 0.6 is 0 Å². The summed E-state index contributed by atoms with van der Waals surface area (Å²) in [6, 6.07) is 20.6. The number of aromatic nitrogens is 5. The summed E-state index contributed by atoms with van der Waals surface area (Å²) in [4.78, 5) is 86.6. The SMILES string of the molecule is COC(=O)NC(C(=O)N1CCC[C@H]1c1ncc(-c2ccc3[nH]c4c(c3c2)C(Cc2ccccc2)Oc2cc(-c3cnc([C@@H]5CCCN5C(=O)C(NC(=O)C=O)C(C)C)[nH]3)ccc2-4)[nH]1)C(C)C. The zero-order valence-electron chi connectivity index (χ0n) is 37.7. The van der Waals surface area contributed by atoms with E-state index in [2.05, 4.69) is 62.0 Å². The maximum atomic E-state index is 13.8. The predicted molar refractivity (Wildman–Crippen MR) is 247 cm³/mol. The van der Waals surface area contributed by atoms with Gasteiger partial charge in [0.15, 0.2) is 0 Å².